The van der Waals surface area contributed by atoms with Crippen LogP contribution in [0.4, 0.5) is 0 Å². The number of rotatable bonds is 4. The second-order valence-electron chi connectivity index (χ2n) is 13.4. The van der Waals surface area contributed by atoms with Gasteiger partial charge in [0.2, 0.25) is 0 Å². The first-order valence-electron chi connectivity index (χ1n) is 17.7. The van der Waals surface area contributed by atoms with Crippen LogP contribution in [0.15, 0.2) is 174 Å². The van der Waals surface area contributed by atoms with Crippen molar-refractivity contribution >= 4 is 65.4 Å². The van der Waals surface area contributed by atoms with Gasteiger partial charge in [-0.3, -0.25) is 4.98 Å². The Balaban J connectivity index is 0.991. The maximum atomic E-state index is 6.53. The molecule has 53 heavy (non-hydrogen) atoms. The summed E-state index contributed by atoms with van der Waals surface area (Å²) in [6.07, 6.45) is 1.93. The van der Waals surface area contributed by atoms with Gasteiger partial charge in [0, 0.05) is 60.6 Å². The molecule has 5 heteroatoms. The Morgan fingerprint density at radius 1 is 0.396 bits per heavy atom. The molecule has 0 bridgehead atoms. The summed E-state index contributed by atoms with van der Waals surface area (Å²) in [6.45, 7) is 0. The third-order valence-corrected chi connectivity index (χ3v) is 10.3. The van der Waals surface area contributed by atoms with Gasteiger partial charge in [-0.1, -0.05) is 121 Å². The normalized spacial score (nSPS) is 11.8. The van der Waals surface area contributed by atoms with Gasteiger partial charge in [-0.15, -0.1) is 0 Å². The molecule has 5 nitrogen and oxygen atoms in total. The molecule has 5 heterocycles. The van der Waals surface area contributed by atoms with E-state index in [2.05, 4.69) is 115 Å². The quantitative estimate of drug-likeness (QED) is 0.174. The molecule has 11 rings (SSSR count). The van der Waals surface area contributed by atoms with Gasteiger partial charge in [0.1, 0.15) is 11.2 Å². The van der Waals surface area contributed by atoms with E-state index in [0.717, 1.165) is 110 Å². The Kier molecular flexibility index (Phi) is 6.48. The van der Waals surface area contributed by atoms with Gasteiger partial charge < -0.3 is 4.42 Å². The summed E-state index contributed by atoms with van der Waals surface area (Å²) in [6, 6.07) is 56.4. The zero-order valence-corrected chi connectivity index (χ0v) is 28.4. The van der Waals surface area contributed by atoms with E-state index in [1.165, 1.54) is 0 Å². The van der Waals surface area contributed by atoms with Gasteiger partial charge in [0.15, 0.2) is 0 Å². The first-order valence-corrected chi connectivity index (χ1v) is 17.7. The molecule has 0 aliphatic rings. The summed E-state index contributed by atoms with van der Waals surface area (Å²) in [5.74, 6) is 0. The summed E-state index contributed by atoms with van der Waals surface area (Å²) in [4.78, 5) is 20.3. The SMILES string of the molecule is c1ccc(-c2ccc3ccc4ccc(-c5ccc(-c6cccc(-c7nc8ccccc8c8c7ccc7c9ccccc9oc78)c6)cn5)nc4c3n2)cc1. The lowest BCUT2D eigenvalue weighted by Gasteiger charge is -2.12. The number of furan rings is 1. The molecule has 0 aliphatic heterocycles. The number of fused-ring (bicyclic) bond motifs is 10. The van der Waals surface area contributed by atoms with Crippen LogP contribution in [0.2, 0.25) is 0 Å². The highest BCUT2D eigenvalue weighted by atomic mass is 16.3. The van der Waals surface area contributed by atoms with Crippen LogP contribution < -0.4 is 0 Å². The van der Waals surface area contributed by atoms with Crippen LogP contribution >= 0.6 is 0 Å². The predicted molar refractivity (Wildman–Crippen MR) is 217 cm³/mol. The lowest BCUT2D eigenvalue weighted by molar-refractivity contribution is 0.673. The lowest BCUT2D eigenvalue weighted by Crippen LogP contribution is -1.93. The van der Waals surface area contributed by atoms with Crippen LogP contribution in [0.3, 0.4) is 0 Å². The van der Waals surface area contributed by atoms with E-state index < -0.39 is 0 Å². The van der Waals surface area contributed by atoms with Crippen LogP contribution in [0.1, 0.15) is 0 Å². The fraction of sp³-hybridized carbons (Fsp3) is 0. The van der Waals surface area contributed by atoms with E-state index >= 15 is 0 Å². The van der Waals surface area contributed by atoms with E-state index in [9.17, 15) is 0 Å². The summed E-state index contributed by atoms with van der Waals surface area (Å²) in [7, 11) is 0. The molecule has 0 radical (unpaired) electrons. The maximum Gasteiger partial charge on any atom is 0.144 e. The standard InChI is InChI=1S/C48H28N4O/c1-2-9-29(10-3-1)39-24-19-30-17-18-31-20-26-42(52-47(31)46(30)50-39)41-25-21-34(28-49-41)32-11-8-12-33(27-32)45-38-23-22-36-35-13-5-7-16-43(35)53-48(36)44(38)37-14-4-6-15-40(37)51-45/h1-28H. The molecule has 0 amide bonds. The predicted octanol–water partition coefficient (Wildman–Crippen LogP) is 12.4. The number of nitrogens with zero attached hydrogens (tertiary/aromatic N) is 4. The molecule has 5 aromatic heterocycles. The number of hydrogen-bond acceptors (Lipinski definition) is 5. The van der Waals surface area contributed by atoms with E-state index in [4.69, 9.17) is 24.4 Å². The number of benzene rings is 6. The highest BCUT2D eigenvalue weighted by Crippen LogP contribution is 2.41. The van der Waals surface area contributed by atoms with Crippen molar-refractivity contribution in [1.29, 1.82) is 0 Å². The van der Waals surface area contributed by atoms with Gasteiger partial charge >= 0.3 is 0 Å². The van der Waals surface area contributed by atoms with Crippen molar-refractivity contribution in [3.8, 4) is 45.0 Å². The molecule has 0 fully saturated rings. The number of pyridine rings is 4. The first-order chi connectivity index (χ1) is 26.2. The number of aromatic nitrogens is 4. The van der Waals surface area contributed by atoms with E-state index in [-0.39, 0.29) is 0 Å². The molecule has 0 atom stereocenters. The average molecular weight is 677 g/mol. The highest BCUT2D eigenvalue weighted by Gasteiger charge is 2.18. The van der Waals surface area contributed by atoms with Crippen LogP contribution in [-0.4, -0.2) is 19.9 Å². The Bertz CT molecular complexity index is 3220. The van der Waals surface area contributed by atoms with Crippen molar-refractivity contribution in [1.82, 2.24) is 19.9 Å². The zero-order chi connectivity index (χ0) is 34.9. The molecular weight excluding hydrogens is 649 g/mol. The monoisotopic (exact) mass is 676 g/mol. The molecule has 246 valence electrons. The van der Waals surface area contributed by atoms with Crippen LogP contribution in [-0.2, 0) is 0 Å². The molecule has 0 spiro atoms. The summed E-state index contributed by atoms with van der Waals surface area (Å²) < 4.78 is 6.53. The largest absolute Gasteiger partial charge is 0.455 e. The van der Waals surface area contributed by atoms with E-state index in [1.807, 2.05) is 54.7 Å². The van der Waals surface area contributed by atoms with E-state index in [0.29, 0.717) is 0 Å². The molecular formula is C48H28N4O. The third-order valence-electron chi connectivity index (χ3n) is 10.3. The minimum atomic E-state index is 0.806. The van der Waals surface area contributed by atoms with Crippen molar-refractivity contribution < 1.29 is 4.42 Å². The molecule has 0 N–H and O–H groups in total. The second-order valence-corrected chi connectivity index (χ2v) is 13.4. The summed E-state index contributed by atoms with van der Waals surface area (Å²) in [5.41, 5.74) is 12.1. The molecule has 0 saturated carbocycles. The fourth-order valence-electron chi connectivity index (χ4n) is 7.68. The van der Waals surface area contributed by atoms with Crippen molar-refractivity contribution in [3.05, 3.63) is 170 Å². The third kappa shape index (κ3) is 4.79. The first kappa shape index (κ1) is 29.5. The Morgan fingerprint density at radius 3 is 1.89 bits per heavy atom. The fourth-order valence-corrected chi connectivity index (χ4v) is 7.68. The summed E-state index contributed by atoms with van der Waals surface area (Å²) in [5, 5.41) is 7.54. The van der Waals surface area contributed by atoms with Gasteiger partial charge in [-0.2, -0.15) is 0 Å². The smallest absolute Gasteiger partial charge is 0.144 e. The molecule has 0 unspecified atom stereocenters. The van der Waals surface area contributed by atoms with Crippen molar-refractivity contribution in [3.63, 3.8) is 0 Å². The van der Waals surface area contributed by atoms with Crippen LogP contribution in [0.25, 0.3) is 110 Å². The lowest BCUT2D eigenvalue weighted by atomic mass is 9.96. The molecule has 0 saturated heterocycles. The van der Waals surface area contributed by atoms with Gasteiger partial charge in [0.25, 0.3) is 0 Å². The minimum absolute atomic E-state index is 0.806. The minimum Gasteiger partial charge on any atom is -0.455 e. The second kappa shape index (κ2) is 11.7. The summed E-state index contributed by atoms with van der Waals surface area (Å²) >= 11 is 0. The van der Waals surface area contributed by atoms with Crippen molar-refractivity contribution in [2.24, 2.45) is 0 Å². The van der Waals surface area contributed by atoms with Gasteiger partial charge in [-0.25, -0.2) is 15.0 Å². The highest BCUT2D eigenvalue weighted by molar-refractivity contribution is 6.24. The topological polar surface area (TPSA) is 64.7 Å². The Hall–Kier alpha value is -7.24. The molecule has 11 aromatic rings. The van der Waals surface area contributed by atoms with Crippen molar-refractivity contribution in [2.45, 2.75) is 0 Å². The van der Waals surface area contributed by atoms with Crippen LogP contribution in [0, 0.1) is 0 Å². The number of hydrogen-bond donors (Lipinski definition) is 0. The number of para-hydroxylation sites is 2. The van der Waals surface area contributed by atoms with Gasteiger partial charge in [-0.05, 0) is 48.0 Å². The van der Waals surface area contributed by atoms with Crippen molar-refractivity contribution in [2.75, 3.05) is 0 Å². The Morgan fingerprint density at radius 2 is 1.06 bits per heavy atom. The van der Waals surface area contributed by atoms with Crippen LogP contribution in [0.5, 0.6) is 0 Å². The zero-order valence-electron chi connectivity index (χ0n) is 28.4. The molecule has 0 aliphatic carbocycles. The van der Waals surface area contributed by atoms with E-state index in [1.54, 1.807) is 0 Å². The van der Waals surface area contributed by atoms with Gasteiger partial charge in [0.05, 0.1) is 39.3 Å². The molecule has 6 aromatic carbocycles. The maximum absolute atomic E-state index is 6.53. The average Bonchev–Trinajstić information content (AvgIpc) is 3.62. The Labute approximate surface area is 303 Å².